The van der Waals surface area contributed by atoms with E-state index in [-0.39, 0.29) is 11.7 Å². The molecule has 0 radical (unpaired) electrons. The second-order valence-corrected chi connectivity index (χ2v) is 9.36. The number of benzene rings is 2. The van der Waals surface area contributed by atoms with Gasteiger partial charge in [-0.05, 0) is 48.2 Å². The van der Waals surface area contributed by atoms with Crippen molar-refractivity contribution in [2.75, 3.05) is 32.8 Å². The van der Waals surface area contributed by atoms with Crippen LogP contribution in [0.15, 0.2) is 48.5 Å². The lowest BCUT2D eigenvalue weighted by Crippen LogP contribution is -2.41. The van der Waals surface area contributed by atoms with Gasteiger partial charge in [-0.3, -0.25) is 4.79 Å². The first-order valence-electron chi connectivity index (χ1n) is 9.61. The predicted octanol–water partition coefficient (Wildman–Crippen LogP) is 2.86. The molecule has 1 aliphatic heterocycles. The number of hydrogen-bond donors (Lipinski definition) is 1. The van der Waals surface area contributed by atoms with Crippen LogP contribution in [0.1, 0.15) is 27.9 Å². The lowest BCUT2D eigenvalue weighted by molar-refractivity contribution is 0.0729. The highest BCUT2D eigenvalue weighted by atomic mass is 35.5. The number of hydrogen-bond acceptors (Lipinski definition) is 4. The Labute approximate surface area is 176 Å². The van der Waals surface area contributed by atoms with E-state index in [2.05, 4.69) is 5.32 Å². The Morgan fingerprint density at radius 2 is 1.62 bits per heavy atom. The van der Waals surface area contributed by atoms with Gasteiger partial charge in [0.25, 0.3) is 5.91 Å². The molecule has 0 spiro atoms. The van der Waals surface area contributed by atoms with Crippen molar-refractivity contribution < 1.29 is 17.9 Å². The van der Waals surface area contributed by atoms with Gasteiger partial charge in [0.1, 0.15) is 0 Å². The van der Waals surface area contributed by atoms with Crippen molar-refractivity contribution in [3.8, 4) is 0 Å². The molecule has 156 valence electrons. The zero-order valence-electron chi connectivity index (χ0n) is 16.1. The molecule has 29 heavy (non-hydrogen) atoms. The van der Waals surface area contributed by atoms with Gasteiger partial charge in [-0.15, -0.1) is 0 Å². The number of sulfonamides is 1. The molecule has 6 nitrogen and oxygen atoms in total. The standard InChI is InChI=1S/C21H25ClN2O4S/c22-20-9-5-17(6-10-20)2-1-11-23-21(25)19-7-3-18(4-8-19)16-29(26,27)24-12-14-28-15-13-24/h3-10H,1-2,11-16H2,(H,23,25). The fourth-order valence-electron chi connectivity index (χ4n) is 3.13. The van der Waals surface area contributed by atoms with Crippen LogP contribution in [0.4, 0.5) is 0 Å². The predicted molar refractivity (Wildman–Crippen MR) is 114 cm³/mol. The summed E-state index contributed by atoms with van der Waals surface area (Å²) < 4.78 is 31.6. The van der Waals surface area contributed by atoms with E-state index in [1.807, 2.05) is 24.3 Å². The molecular weight excluding hydrogens is 412 g/mol. The van der Waals surface area contributed by atoms with E-state index < -0.39 is 10.0 Å². The Bertz CT molecular complexity index is 909. The van der Waals surface area contributed by atoms with Gasteiger partial charge in [0.05, 0.1) is 19.0 Å². The van der Waals surface area contributed by atoms with E-state index in [1.165, 1.54) is 9.87 Å². The lowest BCUT2D eigenvalue weighted by atomic mass is 10.1. The highest BCUT2D eigenvalue weighted by Crippen LogP contribution is 2.14. The molecule has 0 aliphatic carbocycles. The number of halogens is 1. The second-order valence-electron chi connectivity index (χ2n) is 6.95. The fraction of sp³-hybridized carbons (Fsp3) is 0.381. The highest BCUT2D eigenvalue weighted by molar-refractivity contribution is 7.88. The molecule has 0 bridgehead atoms. The quantitative estimate of drug-likeness (QED) is 0.645. The largest absolute Gasteiger partial charge is 0.379 e. The van der Waals surface area contributed by atoms with Crippen molar-refractivity contribution in [3.63, 3.8) is 0 Å². The van der Waals surface area contributed by atoms with Crippen LogP contribution in [0.5, 0.6) is 0 Å². The zero-order chi connectivity index (χ0) is 20.7. The van der Waals surface area contributed by atoms with E-state index in [0.29, 0.717) is 49.0 Å². The van der Waals surface area contributed by atoms with Crippen molar-refractivity contribution in [3.05, 3.63) is 70.2 Å². The molecule has 1 aliphatic rings. The Hall–Kier alpha value is -1.93. The summed E-state index contributed by atoms with van der Waals surface area (Å²) in [5, 5.41) is 3.61. The molecule has 0 unspecified atom stereocenters. The summed E-state index contributed by atoms with van der Waals surface area (Å²) in [5.74, 6) is -0.237. The summed E-state index contributed by atoms with van der Waals surface area (Å²) in [6.45, 7) is 2.19. The third kappa shape index (κ3) is 6.54. The molecule has 0 saturated carbocycles. The Balaban J connectivity index is 1.46. The minimum Gasteiger partial charge on any atom is -0.379 e. The van der Waals surface area contributed by atoms with Crippen molar-refractivity contribution in [2.24, 2.45) is 0 Å². The summed E-state index contributed by atoms with van der Waals surface area (Å²) in [6.07, 6.45) is 1.68. The Morgan fingerprint density at radius 1 is 1.00 bits per heavy atom. The number of nitrogens with zero attached hydrogens (tertiary/aromatic N) is 1. The van der Waals surface area contributed by atoms with E-state index in [1.54, 1.807) is 24.3 Å². The molecule has 1 amide bonds. The molecule has 1 heterocycles. The van der Waals surface area contributed by atoms with Crippen LogP contribution in [0.2, 0.25) is 5.02 Å². The third-order valence-electron chi connectivity index (χ3n) is 4.77. The summed E-state index contributed by atoms with van der Waals surface area (Å²) in [5.41, 5.74) is 2.36. The van der Waals surface area contributed by atoms with Gasteiger partial charge < -0.3 is 10.1 Å². The van der Waals surface area contributed by atoms with Gasteiger partial charge in [-0.2, -0.15) is 4.31 Å². The maximum absolute atomic E-state index is 12.5. The normalized spacial score (nSPS) is 15.2. The molecular formula is C21H25ClN2O4S. The molecule has 1 fully saturated rings. The number of morpholine rings is 1. The molecule has 2 aromatic rings. The summed E-state index contributed by atoms with van der Waals surface area (Å²) in [7, 11) is -3.37. The maximum atomic E-state index is 12.5. The monoisotopic (exact) mass is 436 g/mol. The second kappa shape index (κ2) is 10.2. The van der Waals surface area contributed by atoms with Gasteiger partial charge in [-0.1, -0.05) is 35.9 Å². The summed E-state index contributed by atoms with van der Waals surface area (Å²) >= 11 is 5.87. The Kier molecular flexibility index (Phi) is 7.66. The molecule has 0 atom stereocenters. The number of amides is 1. The zero-order valence-corrected chi connectivity index (χ0v) is 17.7. The molecule has 0 aromatic heterocycles. The maximum Gasteiger partial charge on any atom is 0.251 e. The number of nitrogens with one attached hydrogen (secondary N) is 1. The van der Waals surface area contributed by atoms with Crippen LogP contribution >= 0.6 is 11.6 Å². The smallest absolute Gasteiger partial charge is 0.251 e. The summed E-state index contributed by atoms with van der Waals surface area (Å²) in [4.78, 5) is 12.3. The molecule has 1 saturated heterocycles. The van der Waals surface area contributed by atoms with Crippen molar-refractivity contribution in [1.29, 1.82) is 0 Å². The molecule has 2 aromatic carbocycles. The first-order valence-corrected chi connectivity index (χ1v) is 11.6. The number of aryl methyl sites for hydroxylation is 1. The van der Waals surface area contributed by atoms with Gasteiger partial charge >= 0.3 is 0 Å². The van der Waals surface area contributed by atoms with Gasteiger partial charge in [-0.25, -0.2) is 8.42 Å². The van der Waals surface area contributed by atoms with E-state index in [4.69, 9.17) is 16.3 Å². The number of carbonyl (C=O) groups excluding carboxylic acids is 1. The first-order chi connectivity index (χ1) is 13.9. The topological polar surface area (TPSA) is 75.7 Å². The number of carbonyl (C=O) groups is 1. The number of ether oxygens (including phenoxy) is 1. The van der Waals surface area contributed by atoms with Crippen LogP contribution in [0, 0.1) is 0 Å². The molecule has 1 N–H and O–H groups in total. The molecule has 3 rings (SSSR count). The van der Waals surface area contributed by atoms with Crippen LogP contribution in [0.3, 0.4) is 0 Å². The van der Waals surface area contributed by atoms with Gasteiger partial charge in [0.15, 0.2) is 0 Å². The van der Waals surface area contributed by atoms with Gasteiger partial charge in [0, 0.05) is 30.2 Å². The Morgan fingerprint density at radius 3 is 2.28 bits per heavy atom. The molecule has 8 heteroatoms. The lowest BCUT2D eigenvalue weighted by Gasteiger charge is -2.26. The van der Waals surface area contributed by atoms with E-state index in [0.717, 1.165) is 12.8 Å². The van der Waals surface area contributed by atoms with Crippen LogP contribution < -0.4 is 5.32 Å². The van der Waals surface area contributed by atoms with Crippen molar-refractivity contribution in [2.45, 2.75) is 18.6 Å². The highest BCUT2D eigenvalue weighted by Gasteiger charge is 2.24. The SMILES string of the molecule is O=C(NCCCc1ccc(Cl)cc1)c1ccc(CS(=O)(=O)N2CCOCC2)cc1. The van der Waals surface area contributed by atoms with Crippen molar-refractivity contribution in [1.82, 2.24) is 9.62 Å². The fourth-order valence-corrected chi connectivity index (χ4v) is 4.75. The number of rotatable bonds is 8. The summed E-state index contributed by atoms with van der Waals surface area (Å²) in [6, 6.07) is 14.4. The van der Waals surface area contributed by atoms with Crippen molar-refractivity contribution >= 4 is 27.5 Å². The minimum atomic E-state index is -3.37. The third-order valence-corrected chi connectivity index (χ3v) is 6.87. The van der Waals surface area contributed by atoms with Crippen LogP contribution in [0.25, 0.3) is 0 Å². The van der Waals surface area contributed by atoms with E-state index >= 15 is 0 Å². The van der Waals surface area contributed by atoms with Crippen LogP contribution in [-0.2, 0) is 26.9 Å². The minimum absolute atomic E-state index is 0.0734. The first kappa shape index (κ1) is 21.8. The average molecular weight is 437 g/mol. The van der Waals surface area contributed by atoms with Gasteiger partial charge in [0.2, 0.25) is 10.0 Å². The van der Waals surface area contributed by atoms with E-state index in [9.17, 15) is 13.2 Å². The van der Waals surface area contributed by atoms with Crippen LogP contribution in [-0.4, -0.2) is 51.5 Å². The average Bonchev–Trinajstić information content (AvgIpc) is 2.73.